The first-order valence-electron chi connectivity index (χ1n) is 7.05. The van der Waals surface area contributed by atoms with Crippen LogP contribution in [-0.4, -0.2) is 33.6 Å². The predicted molar refractivity (Wildman–Crippen MR) is 78.8 cm³/mol. The molecule has 1 rings (SSSR count). The van der Waals surface area contributed by atoms with Crippen molar-refractivity contribution in [2.75, 3.05) is 6.54 Å². The maximum atomic E-state index is 11.7. The number of carboxylic acids is 1. The number of carbonyl (C=O) groups excluding carboxylic acids is 1. The van der Waals surface area contributed by atoms with E-state index in [0.717, 1.165) is 6.42 Å². The van der Waals surface area contributed by atoms with Crippen LogP contribution < -0.4 is 10.6 Å². The van der Waals surface area contributed by atoms with Crippen LogP contribution in [0.15, 0.2) is 12.4 Å². The smallest absolute Gasteiger partial charge is 0.315 e. The van der Waals surface area contributed by atoms with Gasteiger partial charge in [-0.3, -0.25) is 4.79 Å². The molecule has 0 aromatic carbocycles. The van der Waals surface area contributed by atoms with Crippen molar-refractivity contribution in [2.45, 2.75) is 46.1 Å². The minimum atomic E-state index is -0.791. The molecule has 2 amide bonds. The number of nitrogens with one attached hydrogen (secondary N) is 3. The fourth-order valence-electron chi connectivity index (χ4n) is 1.92. The number of imidazole rings is 1. The van der Waals surface area contributed by atoms with Crippen LogP contribution in [0.4, 0.5) is 4.79 Å². The molecule has 118 valence electrons. The average molecular weight is 296 g/mol. The van der Waals surface area contributed by atoms with Crippen molar-refractivity contribution in [3.05, 3.63) is 18.2 Å². The van der Waals surface area contributed by atoms with Gasteiger partial charge in [0.25, 0.3) is 0 Å². The number of hydrogen-bond acceptors (Lipinski definition) is 3. The Balaban J connectivity index is 2.25. The highest BCUT2D eigenvalue weighted by molar-refractivity contribution is 5.74. The van der Waals surface area contributed by atoms with Crippen molar-refractivity contribution in [1.82, 2.24) is 20.6 Å². The first-order chi connectivity index (χ1) is 9.80. The molecule has 7 nitrogen and oxygen atoms in total. The Morgan fingerprint density at radius 1 is 1.43 bits per heavy atom. The van der Waals surface area contributed by atoms with E-state index in [1.54, 1.807) is 12.4 Å². The lowest BCUT2D eigenvalue weighted by Crippen LogP contribution is -2.38. The van der Waals surface area contributed by atoms with Crippen molar-refractivity contribution in [3.8, 4) is 0 Å². The first-order valence-corrected chi connectivity index (χ1v) is 7.05. The highest BCUT2D eigenvalue weighted by Gasteiger charge is 2.19. The number of H-pyrrole nitrogens is 1. The first kappa shape index (κ1) is 17.0. The highest BCUT2D eigenvalue weighted by Crippen LogP contribution is 2.25. The lowest BCUT2D eigenvalue weighted by molar-refractivity contribution is -0.137. The summed E-state index contributed by atoms with van der Waals surface area (Å²) < 4.78 is 0. The van der Waals surface area contributed by atoms with Gasteiger partial charge in [0.2, 0.25) is 0 Å². The predicted octanol–water partition coefficient (Wildman–Crippen LogP) is 2.05. The van der Waals surface area contributed by atoms with Gasteiger partial charge >= 0.3 is 12.0 Å². The highest BCUT2D eigenvalue weighted by atomic mass is 16.4. The molecule has 1 unspecified atom stereocenters. The molecule has 1 atom stereocenters. The molecule has 1 aromatic rings. The van der Waals surface area contributed by atoms with E-state index in [4.69, 9.17) is 5.11 Å². The number of amides is 2. The molecule has 0 fully saturated rings. The van der Waals surface area contributed by atoms with Crippen molar-refractivity contribution in [2.24, 2.45) is 5.41 Å². The molecule has 0 aliphatic carbocycles. The molecular weight excluding hydrogens is 272 g/mol. The van der Waals surface area contributed by atoms with Crippen LogP contribution in [0.5, 0.6) is 0 Å². The molecule has 4 N–H and O–H groups in total. The molecule has 21 heavy (non-hydrogen) atoms. The second kappa shape index (κ2) is 7.66. The van der Waals surface area contributed by atoms with Gasteiger partial charge in [0.15, 0.2) is 0 Å². The summed E-state index contributed by atoms with van der Waals surface area (Å²) in [6, 6.07) is -0.451. The lowest BCUT2D eigenvalue weighted by Gasteiger charge is -2.24. The number of carboxylic acid groups (broad SMARTS) is 1. The maximum Gasteiger partial charge on any atom is 0.315 e. The fraction of sp³-hybridized carbons (Fsp3) is 0.643. The standard InChI is InChI=1S/C14H24N4O3/c1-10(12-15-8-9-16-12)18-13(21)17-7-6-14(2,3)5-4-11(19)20/h8-10H,4-7H2,1-3H3,(H,15,16)(H,19,20)(H2,17,18,21). The third kappa shape index (κ3) is 6.78. The number of hydrogen-bond donors (Lipinski definition) is 4. The third-order valence-electron chi connectivity index (χ3n) is 3.38. The number of rotatable bonds is 8. The molecule has 0 bridgehead atoms. The van der Waals surface area contributed by atoms with Crippen molar-refractivity contribution in [3.63, 3.8) is 0 Å². The molecule has 0 saturated heterocycles. The normalized spacial score (nSPS) is 12.7. The van der Waals surface area contributed by atoms with Crippen LogP contribution in [0, 0.1) is 5.41 Å². The Kier molecular flexibility index (Phi) is 6.20. The van der Waals surface area contributed by atoms with Gasteiger partial charge in [0, 0.05) is 25.4 Å². The molecule has 0 radical (unpaired) electrons. The zero-order valence-electron chi connectivity index (χ0n) is 12.8. The topological polar surface area (TPSA) is 107 Å². The molecule has 0 saturated carbocycles. The van der Waals surface area contributed by atoms with Crippen molar-refractivity contribution >= 4 is 12.0 Å². The monoisotopic (exact) mass is 296 g/mol. The lowest BCUT2D eigenvalue weighted by atomic mass is 9.84. The summed E-state index contributed by atoms with van der Waals surface area (Å²) >= 11 is 0. The Labute approximate surface area is 124 Å². The molecular formula is C14H24N4O3. The quantitative estimate of drug-likeness (QED) is 0.589. The van der Waals surface area contributed by atoms with E-state index in [-0.39, 0.29) is 23.9 Å². The summed E-state index contributed by atoms with van der Waals surface area (Å²) in [7, 11) is 0. The second-order valence-corrected chi connectivity index (χ2v) is 5.90. The van der Waals surface area contributed by atoms with E-state index in [9.17, 15) is 9.59 Å². The number of aromatic nitrogens is 2. The Morgan fingerprint density at radius 3 is 2.71 bits per heavy atom. The zero-order chi connectivity index (χ0) is 15.9. The van der Waals surface area contributed by atoms with Gasteiger partial charge in [-0.2, -0.15) is 0 Å². The maximum absolute atomic E-state index is 11.7. The number of aliphatic carboxylic acids is 1. The summed E-state index contributed by atoms with van der Waals surface area (Å²) in [5.74, 6) is -0.0898. The molecule has 0 aliphatic rings. The van der Waals surface area contributed by atoms with E-state index in [2.05, 4.69) is 20.6 Å². The van der Waals surface area contributed by atoms with Gasteiger partial charge in [-0.25, -0.2) is 9.78 Å². The molecule has 0 aliphatic heterocycles. The summed E-state index contributed by atoms with van der Waals surface area (Å²) in [5, 5.41) is 14.3. The fourth-order valence-corrected chi connectivity index (χ4v) is 1.92. The van der Waals surface area contributed by atoms with Crippen LogP contribution in [0.25, 0.3) is 0 Å². The van der Waals surface area contributed by atoms with Crippen LogP contribution >= 0.6 is 0 Å². The van der Waals surface area contributed by atoms with Crippen LogP contribution in [-0.2, 0) is 4.79 Å². The molecule has 1 heterocycles. The zero-order valence-corrected chi connectivity index (χ0v) is 12.8. The molecule has 0 spiro atoms. The van der Waals surface area contributed by atoms with Crippen molar-refractivity contribution in [1.29, 1.82) is 0 Å². The summed E-state index contributed by atoms with van der Waals surface area (Å²) in [6.45, 7) is 6.35. The number of nitrogens with zero attached hydrogens (tertiary/aromatic N) is 1. The minimum absolute atomic E-state index is 0.113. The molecule has 1 aromatic heterocycles. The van der Waals surface area contributed by atoms with Gasteiger partial charge in [0.1, 0.15) is 5.82 Å². The van der Waals surface area contributed by atoms with Gasteiger partial charge in [-0.1, -0.05) is 13.8 Å². The van der Waals surface area contributed by atoms with E-state index >= 15 is 0 Å². The summed E-state index contributed by atoms with van der Waals surface area (Å²) in [4.78, 5) is 29.3. The second-order valence-electron chi connectivity index (χ2n) is 5.90. The SMILES string of the molecule is CC(NC(=O)NCCC(C)(C)CCC(=O)O)c1ncc[nH]1. The van der Waals surface area contributed by atoms with Gasteiger partial charge < -0.3 is 20.7 Å². The van der Waals surface area contributed by atoms with E-state index in [0.29, 0.717) is 18.8 Å². The Hall–Kier alpha value is -2.05. The van der Waals surface area contributed by atoms with Crippen LogP contribution in [0.2, 0.25) is 0 Å². The van der Waals surface area contributed by atoms with Gasteiger partial charge in [-0.05, 0) is 25.2 Å². The van der Waals surface area contributed by atoms with Crippen LogP contribution in [0.3, 0.4) is 0 Å². The van der Waals surface area contributed by atoms with Gasteiger partial charge in [0.05, 0.1) is 6.04 Å². The van der Waals surface area contributed by atoms with E-state index in [1.165, 1.54) is 0 Å². The van der Waals surface area contributed by atoms with Crippen molar-refractivity contribution < 1.29 is 14.7 Å². The number of urea groups is 1. The van der Waals surface area contributed by atoms with E-state index in [1.807, 2.05) is 20.8 Å². The number of carbonyl (C=O) groups is 2. The van der Waals surface area contributed by atoms with E-state index < -0.39 is 5.97 Å². The Morgan fingerprint density at radius 2 is 2.14 bits per heavy atom. The third-order valence-corrected chi connectivity index (χ3v) is 3.38. The average Bonchev–Trinajstić information content (AvgIpc) is 2.90. The minimum Gasteiger partial charge on any atom is -0.481 e. The van der Waals surface area contributed by atoms with Gasteiger partial charge in [-0.15, -0.1) is 0 Å². The Bertz CT molecular complexity index is 457. The van der Waals surface area contributed by atoms with Crippen LogP contribution in [0.1, 0.15) is 51.9 Å². The summed E-state index contributed by atoms with van der Waals surface area (Å²) in [6.07, 6.45) is 4.80. The largest absolute Gasteiger partial charge is 0.481 e. The summed E-state index contributed by atoms with van der Waals surface area (Å²) in [5.41, 5.74) is -0.113. The number of aromatic amines is 1. The molecule has 7 heteroatoms.